The standard InChI is InChI=1S/C21H32O2/c1-14(2)10-9-11-15(3)12-13-19-18(6)20(22-7)16(4)17(5)21(19)23-8/h10,12H,9,11,13H2,1-8H3/b15-12+. The van der Waals surface area contributed by atoms with Crippen molar-refractivity contribution in [1.82, 2.24) is 0 Å². The summed E-state index contributed by atoms with van der Waals surface area (Å²) in [6.07, 6.45) is 7.71. The maximum Gasteiger partial charge on any atom is 0.126 e. The second kappa shape index (κ2) is 8.81. The SMILES string of the molecule is COc1c(C)c(C)c(OC)c(C/C=C(\C)CCC=C(C)C)c1C. The van der Waals surface area contributed by atoms with E-state index in [1.54, 1.807) is 14.2 Å². The van der Waals surface area contributed by atoms with Gasteiger partial charge in [-0.2, -0.15) is 0 Å². The van der Waals surface area contributed by atoms with Crippen LogP contribution in [0.15, 0.2) is 23.3 Å². The van der Waals surface area contributed by atoms with Crippen LogP contribution in [0.3, 0.4) is 0 Å². The molecule has 0 aliphatic carbocycles. The van der Waals surface area contributed by atoms with E-state index in [1.807, 2.05) is 0 Å². The van der Waals surface area contributed by atoms with Crippen molar-refractivity contribution in [3.8, 4) is 11.5 Å². The van der Waals surface area contributed by atoms with Gasteiger partial charge in [-0.3, -0.25) is 0 Å². The first-order chi connectivity index (χ1) is 10.8. The van der Waals surface area contributed by atoms with Crippen molar-refractivity contribution < 1.29 is 9.47 Å². The Morgan fingerprint density at radius 2 is 1.39 bits per heavy atom. The molecule has 1 rings (SSSR count). The van der Waals surface area contributed by atoms with Gasteiger partial charge >= 0.3 is 0 Å². The molecule has 2 nitrogen and oxygen atoms in total. The van der Waals surface area contributed by atoms with Crippen LogP contribution in [-0.4, -0.2) is 14.2 Å². The molecule has 0 heterocycles. The highest BCUT2D eigenvalue weighted by molar-refractivity contribution is 5.58. The molecule has 2 heteroatoms. The fraction of sp³-hybridized carbons (Fsp3) is 0.524. The lowest BCUT2D eigenvalue weighted by Crippen LogP contribution is -2.03. The average molecular weight is 316 g/mol. The molecule has 128 valence electrons. The fourth-order valence-corrected chi connectivity index (χ4v) is 2.95. The number of methoxy groups -OCH3 is 2. The Morgan fingerprint density at radius 1 is 0.826 bits per heavy atom. The van der Waals surface area contributed by atoms with E-state index >= 15 is 0 Å². The predicted molar refractivity (Wildman–Crippen MR) is 99.9 cm³/mol. The van der Waals surface area contributed by atoms with Crippen LogP contribution in [0, 0.1) is 20.8 Å². The summed E-state index contributed by atoms with van der Waals surface area (Å²) >= 11 is 0. The minimum Gasteiger partial charge on any atom is -0.496 e. The average Bonchev–Trinajstić information content (AvgIpc) is 2.49. The maximum atomic E-state index is 5.69. The van der Waals surface area contributed by atoms with Gasteiger partial charge in [-0.1, -0.05) is 23.3 Å². The van der Waals surface area contributed by atoms with Crippen molar-refractivity contribution in [2.45, 2.75) is 60.8 Å². The van der Waals surface area contributed by atoms with E-state index in [0.717, 1.165) is 36.3 Å². The Hall–Kier alpha value is -1.70. The molecule has 0 saturated heterocycles. The molecule has 0 amide bonds. The van der Waals surface area contributed by atoms with Crippen molar-refractivity contribution in [3.05, 3.63) is 45.6 Å². The van der Waals surface area contributed by atoms with Gasteiger partial charge in [0.1, 0.15) is 11.5 Å². The maximum absolute atomic E-state index is 5.69. The summed E-state index contributed by atoms with van der Waals surface area (Å²) in [4.78, 5) is 0. The summed E-state index contributed by atoms with van der Waals surface area (Å²) in [6.45, 7) is 12.8. The molecule has 0 bridgehead atoms. The van der Waals surface area contributed by atoms with Crippen molar-refractivity contribution >= 4 is 0 Å². The van der Waals surface area contributed by atoms with Gasteiger partial charge in [0.15, 0.2) is 0 Å². The molecule has 0 aliphatic rings. The molecule has 0 aromatic heterocycles. The Bertz CT molecular complexity index is 603. The lowest BCUT2D eigenvalue weighted by molar-refractivity contribution is 0.391. The smallest absolute Gasteiger partial charge is 0.126 e. The van der Waals surface area contributed by atoms with Crippen molar-refractivity contribution in [2.24, 2.45) is 0 Å². The van der Waals surface area contributed by atoms with Crippen LogP contribution in [0.4, 0.5) is 0 Å². The first-order valence-corrected chi connectivity index (χ1v) is 8.33. The molecule has 0 unspecified atom stereocenters. The van der Waals surface area contributed by atoms with Crippen LogP contribution in [0.1, 0.15) is 55.9 Å². The highest BCUT2D eigenvalue weighted by Gasteiger charge is 2.17. The van der Waals surface area contributed by atoms with Crippen LogP contribution in [0.25, 0.3) is 0 Å². The first-order valence-electron chi connectivity index (χ1n) is 8.33. The van der Waals surface area contributed by atoms with E-state index in [4.69, 9.17) is 9.47 Å². The summed E-state index contributed by atoms with van der Waals surface area (Å²) < 4.78 is 11.3. The van der Waals surface area contributed by atoms with E-state index in [1.165, 1.54) is 27.8 Å². The summed E-state index contributed by atoms with van der Waals surface area (Å²) in [6, 6.07) is 0. The third-order valence-corrected chi connectivity index (χ3v) is 4.47. The highest BCUT2D eigenvalue weighted by Crippen LogP contribution is 2.38. The number of hydrogen-bond donors (Lipinski definition) is 0. The molecule has 0 N–H and O–H groups in total. The zero-order valence-electron chi connectivity index (χ0n) is 16.1. The number of hydrogen-bond acceptors (Lipinski definition) is 2. The summed E-state index contributed by atoms with van der Waals surface area (Å²) in [5.74, 6) is 1.98. The lowest BCUT2D eigenvalue weighted by Gasteiger charge is -2.20. The molecule has 0 aliphatic heterocycles. The first kappa shape index (κ1) is 19.3. The monoisotopic (exact) mass is 316 g/mol. The van der Waals surface area contributed by atoms with E-state index < -0.39 is 0 Å². The third-order valence-electron chi connectivity index (χ3n) is 4.47. The van der Waals surface area contributed by atoms with Gasteiger partial charge in [0, 0.05) is 5.56 Å². The Labute approximate surface area is 142 Å². The molecule has 23 heavy (non-hydrogen) atoms. The van der Waals surface area contributed by atoms with Gasteiger partial charge in [-0.05, 0) is 77.5 Å². The minimum atomic E-state index is 0.882. The van der Waals surface area contributed by atoms with Gasteiger partial charge in [-0.15, -0.1) is 0 Å². The van der Waals surface area contributed by atoms with E-state index in [9.17, 15) is 0 Å². The lowest BCUT2D eigenvalue weighted by atomic mass is 9.94. The fourth-order valence-electron chi connectivity index (χ4n) is 2.95. The summed E-state index contributed by atoms with van der Waals surface area (Å²) in [5.41, 5.74) is 7.54. The molecular formula is C21H32O2. The van der Waals surface area contributed by atoms with Crippen LogP contribution in [0.2, 0.25) is 0 Å². The number of ether oxygens (including phenoxy) is 2. The molecule has 0 saturated carbocycles. The van der Waals surface area contributed by atoms with Gasteiger partial charge in [0.05, 0.1) is 14.2 Å². The number of rotatable bonds is 7. The minimum absolute atomic E-state index is 0.882. The van der Waals surface area contributed by atoms with Crippen LogP contribution < -0.4 is 9.47 Å². The van der Waals surface area contributed by atoms with Gasteiger partial charge < -0.3 is 9.47 Å². The largest absolute Gasteiger partial charge is 0.496 e. The van der Waals surface area contributed by atoms with E-state index in [0.29, 0.717) is 0 Å². The highest BCUT2D eigenvalue weighted by atomic mass is 16.5. The Morgan fingerprint density at radius 3 is 1.91 bits per heavy atom. The molecular weight excluding hydrogens is 284 g/mol. The molecule has 1 aromatic rings. The normalized spacial score (nSPS) is 11.4. The molecule has 1 aromatic carbocycles. The summed E-state index contributed by atoms with van der Waals surface area (Å²) in [7, 11) is 3.49. The topological polar surface area (TPSA) is 18.5 Å². The quantitative estimate of drug-likeness (QED) is 0.586. The zero-order chi connectivity index (χ0) is 17.6. The van der Waals surface area contributed by atoms with Crippen LogP contribution in [-0.2, 0) is 6.42 Å². The zero-order valence-corrected chi connectivity index (χ0v) is 16.1. The summed E-state index contributed by atoms with van der Waals surface area (Å²) in [5, 5.41) is 0. The second-order valence-electron chi connectivity index (χ2n) is 6.49. The molecule has 0 atom stereocenters. The van der Waals surface area contributed by atoms with Crippen molar-refractivity contribution in [3.63, 3.8) is 0 Å². The second-order valence-corrected chi connectivity index (χ2v) is 6.49. The molecule has 0 fully saturated rings. The number of allylic oxidation sites excluding steroid dienone is 4. The number of benzene rings is 1. The van der Waals surface area contributed by atoms with Crippen molar-refractivity contribution in [1.29, 1.82) is 0 Å². The van der Waals surface area contributed by atoms with Gasteiger partial charge in [0.2, 0.25) is 0 Å². The molecule has 0 radical (unpaired) electrons. The van der Waals surface area contributed by atoms with Crippen LogP contribution >= 0.6 is 0 Å². The van der Waals surface area contributed by atoms with Crippen LogP contribution in [0.5, 0.6) is 11.5 Å². The van der Waals surface area contributed by atoms with Gasteiger partial charge in [-0.25, -0.2) is 0 Å². The Kier molecular flexibility index (Phi) is 7.41. The predicted octanol–water partition coefficient (Wildman–Crippen LogP) is 5.86. The van der Waals surface area contributed by atoms with E-state index in [2.05, 4.69) is 53.7 Å². The Balaban J connectivity index is 3.08. The van der Waals surface area contributed by atoms with E-state index in [-0.39, 0.29) is 0 Å². The molecule has 0 spiro atoms. The van der Waals surface area contributed by atoms with Crippen molar-refractivity contribution in [2.75, 3.05) is 14.2 Å². The third kappa shape index (κ3) is 4.89. The van der Waals surface area contributed by atoms with Gasteiger partial charge in [0.25, 0.3) is 0 Å².